The molecule has 0 aliphatic heterocycles. The molecule has 4 aromatic carbocycles. The smallest absolute Gasteiger partial charge is 0.339 e. The topological polar surface area (TPSA) is 135 Å². The summed E-state index contributed by atoms with van der Waals surface area (Å²) in [5.74, 6) is -0.887. The van der Waals surface area contributed by atoms with Gasteiger partial charge in [-0.15, -0.1) is 0 Å². The first-order valence-electron chi connectivity index (χ1n) is 14.6. The molecule has 0 aromatic heterocycles. The molecule has 0 fully saturated rings. The number of phenolic OH excluding ortho intramolecular Hbond substituents is 2. The minimum absolute atomic E-state index is 0.170. The summed E-state index contributed by atoms with van der Waals surface area (Å²) in [4.78, 5) is 26.6. The number of nitrogens with one attached hydrogen (secondary N) is 2. The Labute approximate surface area is 285 Å². The molecular weight excluding hydrogens is 637 g/mol. The largest absolute Gasteiger partial charge is 0.508 e. The second-order valence-electron chi connectivity index (χ2n) is 10.3. The Morgan fingerprint density at radius 3 is 1.47 bits per heavy atom. The number of aromatic carboxylic acids is 1. The van der Waals surface area contributed by atoms with E-state index in [0.29, 0.717) is 53.1 Å². The highest BCUT2D eigenvalue weighted by atomic mass is 32.1. The van der Waals surface area contributed by atoms with Crippen LogP contribution >= 0.6 is 24.4 Å². The van der Waals surface area contributed by atoms with Gasteiger partial charge in [0.2, 0.25) is 0 Å². The van der Waals surface area contributed by atoms with Gasteiger partial charge in [-0.25, -0.2) is 9.59 Å². The summed E-state index contributed by atoms with van der Waals surface area (Å²) in [6.45, 7) is 1.22. The molecule has 5 N–H and O–H groups in total. The van der Waals surface area contributed by atoms with Crippen molar-refractivity contribution in [2.75, 3.05) is 44.9 Å². The Morgan fingerprint density at radius 2 is 1.04 bits per heavy atom. The number of benzene rings is 4. The quantitative estimate of drug-likeness (QED) is 0.0996. The van der Waals surface area contributed by atoms with E-state index in [-0.39, 0.29) is 17.1 Å². The normalized spacial score (nSPS) is 10.1. The second-order valence-corrected chi connectivity index (χ2v) is 11.1. The molecule has 246 valence electrons. The number of para-hydroxylation sites is 4. The average molecular weight is 675 g/mol. The minimum atomic E-state index is -1.01. The van der Waals surface area contributed by atoms with Gasteiger partial charge in [0.15, 0.2) is 10.2 Å². The molecule has 0 aliphatic rings. The number of likely N-dealkylation sites (N-methyl/N-ethyl adjacent to an activating group) is 2. The molecule has 0 bridgehead atoms. The fourth-order valence-corrected chi connectivity index (χ4v) is 4.71. The predicted octanol–water partition coefficient (Wildman–Crippen LogP) is 6.01. The van der Waals surface area contributed by atoms with Gasteiger partial charge in [-0.2, -0.15) is 0 Å². The van der Waals surface area contributed by atoms with Gasteiger partial charge in [0, 0.05) is 27.2 Å². The summed E-state index contributed by atoms with van der Waals surface area (Å²) < 4.78 is 4.77. The van der Waals surface area contributed by atoms with Crippen molar-refractivity contribution in [1.82, 2.24) is 9.80 Å². The lowest BCUT2D eigenvalue weighted by atomic mass is 10.1. The summed E-state index contributed by atoms with van der Waals surface area (Å²) in [6.07, 6.45) is 1.29. The zero-order valence-corrected chi connectivity index (χ0v) is 28.0. The number of carboxylic acid groups (broad SMARTS) is 1. The fraction of sp³-hybridized carbons (Fsp3) is 0.200. The standard InChI is InChI=1S/C18H20N2O3S.C17H18N2O3S/c1-20(12-11-13-7-3-6-10-16(13)21)18(24)19-15-9-5-4-8-14(15)17(22)23-2;1-19(11-10-12-6-2-5-9-15(12)20)17(23)18-14-8-4-3-7-13(14)16(21)22/h3-10,21H,11-12H2,1-2H3,(H,19,24);2-9,20H,10-11H2,1H3,(H,18,23)(H,21,22). The lowest BCUT2D eigenvalue weighted by molar-refractivity contribution is 0.0601. The van der Waals surface area contributed by atoms with E-state index >= 15 is 0 Å². The Kier molecular flexibility index (Phi) is 13.9. The molecule has 0 spiro atoms. The number of esters is 1. The first-order valence-corrected chi connectivity index (χ1v) is 15.4. The number of carbonyl (C=O) groups is 2. The van der Waals surface area contributed by atoms with Gasteiger partial charge in [-0.05, 0) is 84.8 Å². The first kappa shape index (κ1) is 36.3. The van der Waals surface area contributed by atoms with Crippen molar-refractivity contribution >= 4 is 58.0 Å². The number of hydrogen-bond donors (Lipinski definition) is 5. The van der Waals surface area contributed by atoms with Crippen LogP contribution in [0.25, 0.3) is 0 Å². The second kappa shape index (κ2) is 18.1. The molecule has 0 amide bonds. The van der Waals surface area contributed by atoms with Crippen molar-refractivity contribution in [2.24, 2.45) is 0 Å². The highest BCUT2D eigenvalue weighted by Gasteiger charge is 2.14. The molecule has 10 nitrogen and oxygen atoms in total. The molecule has 0 aliphatic carbocycles. The maximum absolute atomic E-state index is 11.8. The number of hydrogen-bond acceptors (Lipinski definition) is 7. The van der Waals surface area contributed by atoms with Crippen molar-refractivity contribution in [1.29, 1.82) is 0 Å². The monoisotopic (exact) mass is 674 g/mol. The van der Waals surface area contributed by atoms with Gasteiger partial charge in [0.25, 0.3) is 0 Å². The van der Waals surface area contributed by atoms with Gasteiger partial charge >= 0.3 is 11.9 Å². The van der Waals surface area contributed by atoms with Gasteiger partial charge in [-0.1, -0.05) is 60.7 Å². The lowest BCUT2D eigenvalue weighted by Gasteiger charge is -2.22. The van der Waals surface area contributed by atoms with E-state index in [9.17, 15) is 24.9 Å². The molecule has 0 atom stereocenters. The number of methoxy groups -OCH3 is 1. The number of carboxylic acids is 1. The van der Waals surface area contributed by atoms with Crippen molar-refractivity contribution in [3.63, 3.8) is 0 Å². The van der Waals surface area contributed by atoms with Crippen LogP contribution in [0.1, 0.15) is 31.8 Å². The average Bonchev–Trinajstić information content (AvgIpc) is 3.07. The van der Waals surface area contributed by atoms with Gasteiger partial charge < -0.3 is 40.5 Å². The van der Waals surface area contributed by atoms with E-state index in [1.165, 1.54) is 13.2 Å². The molecular formula is C35H38N4O6S2. The minimum Gasteiger partial charge on any atom is -0.508 e. The molecule has 4 aromatic rings. The van der Waals surface area contributed by atoms with E-state index in [0.717, 1.165) is 11.1 Å². The lowest BCUT2D eigenvalue weighted by Crippen LogP contribution is -2.33. The third-order valence-electron chi connectivity index (χ3n) is 7.08. The zero-order valence-electron chi connectivity index (χ0n) is 26.3. The molecule has 0 saturated heterocycles. The number of ether oxygens (including phenoxy) is 1. The van der Waals surface area contributed by atoms with E-state index in [2.05, 4.69) is 10.6 Å². The van der Waals surface area contributed by atoms with Gasteiger partial charge in [0.1, 0.15) is 11.5 Å². The summed E-state index contributed by atoms with van der Waals surface area (Å²) >= 11 is 10.7. The maximum atomic E-state index is 11.8. The third-order valence-corrected chi connectivity index (χ3v) is 7.91. The molecule has 0 heterocycles. The number of aromatic hydroxyl groups is 2. The molecule has 0 radical (unpaired) electrons. The van der Waals surface area contributed by atoms with Crippen LogP contribution in [0.2, 0.25) is 0 Å². The highest BCUT2D eigenvalue weighted by molar-refractivity contribution is 7.80. The molecule has 0 unspecified atom stereocenters. The fourth-order valence-electron chi connectivity index (χ4n) is 4.30. The van der Waals surface area contributed by atoms with Crippen LogP contribution in [0.15, 0.2) is 97.1 Å². The molecule has 47 heavy (non-hydrogen) atoms. The Morgan fingerprint density at radius 1 is 0.660 bits per heavy atom. The first-order chi connectivity index (χ1) is 22.5. The number of rotatable bonds is 10. The molecule has 12 heteroatoms. The summed E-state index contributed by atoms with van der Waals surface area (Å²) in [5.41, 5.74) is 3.36. The van der Waals surface area contributed by atoms with E-state index in [4.69, 9.17) is 29.2 Å². The van der Waals surface area contributed by atoms with Crippen LogP contribution < -0.4 is 10.6 Å². The van der Waals surface area contributed by atoms with E-state index in [1.54, 1.807) is 65.6 Å². The Hall–Kier alpha value is -5.20. The third kappa shape index (κ3) is 11.0. The summed E-state index contributed by atoms with van der Waals surface area (Å²) in [5, 5.41) is 35.7. The maximum Gasteiger partial charge on any atom is 0.339 e. The highest BCUT2D eigenvalue weighted by Crippen LogP contribution is 2.20. The Bertz CT molecular complexity index is 1700. The van der Waals surface area contributed by atoms with Crippen molar-refractivity contribution in [3.8, 4) is 11.5 Å². The number of carbonyl (C=O) groups excluding carboxylic acids is 1. The number of phenols is 2. The zero-order chi connectivity index (χ0) is 34.3. The van der Waals surface area contributed by atoms with Gasteiger partial charge in [-0.3, -0.25) is 0 Å². The molecule has 4 rings (SSSR count). The van der Waals surface area contributed by atoms with Crippen LogP contribution in [-0.2, 0) is 17.6 Å². The van der Waals surface area contributed by atoms with Crippen molar-refractivity contribution in [3.05, 3.63) is 119 Å². The van der Waals surface area contributed by atoms with Crippen molar-refractivity contribution < 1.29 is 29.6 Å². The number of anilines is 2. The predicted molar refractivity (Wildman–Crippen MR) is 193 cm³/mol. The van der Waals surface area contributed by atoms with E-state index in [1.807, 2.05) is 49.3 Å². The van der Waals surface area contributed by atoms with Crippen LogP contribution in [0, 0.1) is 0 Å². The van der Waals surface area contributed by atoms with Crippen LogP contribution in [0.5, 0.6) is 11.5 Å². The summed E-state index contributed by atoms with van der Waals surface area (Å²) in [6, 6.07) is 28.0. The molecule has 0 saturated carbocycles. The number of nitrogens with zero attached hydrogens (tertiary/aromatic N) is 2. The Balaban J connectivity index is 0.000000256. The summed E-state index contributed by atoms with van der Waals surface area (Å²) in [7, 11) is 5.02. The van der Waals surface area contributed by atoms with E-state index < -0.39 is 11.9 Å². The van der Waals surface area contributed by atoms with Crippen LogP contribution in [0.3, 0.4) is 0 Å². The van der Waals surface area contributed by atoms with Gasteiger partial charge in [0.05, 0.1) is 29.6 Å². The van der Waals surface area contributed by atoms with Crippen LogP contribution in [-0.4, -0.2) is 81.6 Å². The number of thiocarbonyl (C=S) groups is 2. The SMILES string of the molecule is CN(CCc1ccccc1O)C(=S)Nc1ccccc1C(=O)O.COC(=O)c1ccccc1NC(=S)N(C)CCc1ccccc1O. The van der Waals surface area contributed by atoms with Crippen molar-refractivity contribution in [2.45, 2.75) is 12.8 Å². The van der Waals surface area contributed by atoms with Crippen LogP contribution in [0.4, 0.5) is 11.4 Å².